The van der Waals surface area contributed by atoms with Gasteiger partial charge < -0.3 is 31.9 Å². The van der Waals surface area contributed by atoms with Crippen molar-refractivity contribution in [1.82, 2.24) is 16.0 Å². The summed E-state index contributed by atoms with van der Waals surface area (Å²) in [5.74, 6) is -2.28. The van der Waals surface area contributed by atoms with Crippen LogP contribution in [0.1, 0.15) is 52.5 Å². The number of rotatable bonds is 16. The molecule has 0 saturated carbocycles. The first-order chi connectivity index (χ1) is 17.4. The summed E-state index contributed by atoms with van der Waals surface area (Å²) in [7, 11) is 0. The minimum Gasteiger partial charge on any atom is -0.508 e. The van der Waals surface area contributed by atoms with Gasteiger partial charge in [-0.2, -0.15) is 11.8 Å². The van der Waals surface area contributed by atoms with Crippen LogP contribution in [0.5, 0.6) is 5.75 Å². The summed E-state index contributed by atoms with van der Waals surface area (Å²) in [6, 6.07) is 2.30. The predicted octanol–water partition coefficient (Wildman–Crippen LogP) is 1.65. The van der Waals surface area contributed by atoms with Crippen LogP contribution < -0.4 is 21.7 Å². The molecule has 0 aromatic heterocycles. The molecule has 0 radical (unpaired) electrons. The monoisotopic (exact) mass is 538 g/mol. The van der Waals surface area contributed by atoms with Gasteiger partial charge >= 0.3 is 5.97 Å². The van der Waals surface area contributed by atoms with Gasteiger partial charge in [0.15, 0.2) is 0 Å². The maximum absolute atomic E-state index is 13.4. The second-order valence-corrected chi connectivity index (χ2v) is 10.7. The van der Waals surface area contributed by atoms with Gasteiger partial charge in [-0.05, 0) is 54.4 Å². The van der Waals surface area contributed by atoms with Crippen LogP contribution >= 0.6 is 11.8 Å². The van der Waals surface area contributed by atoms with Gasteiger partial charge in [-0.15, -0.1) is 0 Å². The molecule has 0 bridgehead atoms. The predicted molar refractivity (Wildman–Crippen MR) is 145 cm³/mol. The average Bonchev–Trinajstić information content (AvgIpc) is 2.85. The Bertz CT molecular complexity index is 896. The smallest absolute Gasteiger partial charge is 0.326 e. The Labute approximate surface area is 223 Å². The number of nitrogens with one attached hydrogen (secondary N) is 3. The van der Waals surface area contributed by atoms with Crippen LogP contribution in [0.2, 0.25) is 0 Å². The second kappa shape index (κ2) is 16.1. The molecule has 37 heavy (non-hydrogen) atoms. The van der Waals surface area contributed by atoms with Crippen molar-refractivity contribution >= 4 is 35.5 Å². The van der Waals surface area contributed by atoms with Crippen LogP contribution in [0.4, 0.5) is 0 Å². The van der Waals surface area contributed by atoms with Crippen molar-refractivity contribution in [3.8, 4) is 5.75 Å². The Morgan fingerprint density at radius 2 is 1.46 bits per heavy atom. The number of carbonyl (C=O) groups excluding carboxylic acids is 3. The molecule has 0 aliphatic carbocycles. The Hall–Kier alpha value is -2.79. The number of aromatic hydroxyl groups is 1. The number of carboxylic acids is 1. The van der Waals surface area contributed by atoms with E-state index in [1.165, 1.54) is 23.9 Å². The van der Waals surface area contributed by atoms with Crippen LogP contribution in [0, 0.1) is 11.8 Å². The lowest BCUT2D eigenvalue weighted by Gasteiger charge is -2.27. The molecule has 208 valence electrons. The van der Waals surface area contributed by atoms with Crippen LogP contribution in [0.3, 0.4) is 0 Å². The number of nitrogens with two attached hydrogens (primary N) is 1. The third-order valence-electron chi connectivity index (χ3n) is 6.13. The number of phenols is 1. The number of benzene rings is 1. The number of carbonyl (C=O) groups is 4. The Kier molecular flexibility index (Phi) is 14.1. The number of amides is 3. The SMILES string of the molecule is CCC(C)C(N)C(=O)NC(Cc1ccc(O)cc1)C(=O)NC(CC(C)C)C(=O)NC(CCSC)C(=O)O. The number of aliphatic carboxylic acids is 1. The normalized spacial score (nSPS) is 15.2. The van der Waals surface area contributed by atoms with Crippen molar-refractivity contribution in [3.63, 3.8) is 0 Å². The zero-order chi connectivity index (χ0) is 28.1. The molecule has 1 aromatic carbocycles. The van der Waals surface area contributed by atoms with E-state index in [1.54, 1.807) is 12.1 Å². The first-order valence-electron chi connectivity index (χ1n) is 12.6. The fourth-order valence-corrected chi connectivity index (χ4v) is 4.07. The lowest BCUT2D eigenvalue weighted by molar-refractivity contribution is -0.142. The molecule has 3 amide bonds. The van der Waals surface area contributed by atoms with Crippen LogP contribution in [0.15, 0.2) is 24.3 Å². The fraction of sp³-hybridized carbons (Fsp3) is 0.615. The number of carboxylic acid groups (broad SMARTS) is 1. The van der Waals surface area contributed by atoms with Crippen molar-refractivity contribution < 1.29 is 29.4 Å². The Morgan fingerprint density at radius 3 is 1.97 bits per heavy atom. The molecule has 0 aliphatic rings. The molecule has 1 rings (SSSR count). The minimum absolute atomic E-state index is 0.0227. The highest BCUT2D eigenvalue weighted by molar-refractivity contribution is 7.98. The highest BCUT2D eigenvalue weighted by atomic mass is 32.2. The molecule has 1 aromatic rings. The summed E-state index contributed by atoms with van der Waals surface area (Å²) in [6.45, 7) is 7.53. The zero-order valence-corrected chi connectivity index (χ0v) is 23.1. The van der Waals surface area contributed by atoms with Gasteiger partial charge in [-0.25, -0.2) is 4.79 Å². The molecule has 5 atom stereocenters. The zero-order valence-electron chi connectivity index (χ0n) is 22.3. The van der Waals surface area contributed by atoms with E-state index < -0.39 is 47.9 Å². The van der Waals surface area contributed by atoms with Gasteiger partial charge in [-0.3, -0.25) is 14.4 Å². The van der Waals surface area contributed by atoms with Crippen molar-refractivity contribution in [2.45, 2.75) is 77.5 Å². The molecule has 0 aliphatic heterocycles. The summed E-state index contributed by atoms with van der Waals surface area (Å²) < 4.78 is 0. The number of phenolic OH excluding ortho intramolecular Hbond substituents is 1. The van der Waals surface area contributed by atoms with Crippen LogP contribution in [0.25, 0.3) is 0 Å². The third-order valence-corrected chi connectivity index (χ3v) is 6.78. The van der Waals surface area contributed by atoms with Crippen LogP contribution in [-0.4, -0.2) is 70.1 Å². The van der Waals surface area contributed by atoms with E-state index in [0.29, 0.717) is 17.7 Å². The number of hydrogen-bond donors (Lipinski definition) is 6. The third kappa shape index (κ3) is 11.4. The molecule has 11 heteroatoms. The van der Waals surface area contributed by atoms with E-state index in [9.17, 15) is 29.4 Å². The first-order valence-corrected chi connectivity index (χ1v) is 13.9. The molecule has 0 fully saturated rings. The standard InChI is InChI=1S/C26H42N4O6S/c1-6-16(4)22(27)25(34)30-21(14-17-7-9-18(31)10-8-17)24(33)29-20(13-15(2)3)23(32)28-19(26(35)36)11-12-37-5/h7-10,15-16,19-22,31H,6,11-14,27H2,1-5H3,(H,28,32)(H,29,33)(H,30,34)(H,35,36). The molecule has 0 heterocycles. The molecule has 5 unspecified atom stereocenters. The molecule has 10 nitrogen and oxygen atoms in total. The highest BCUT2D eigenvalue weighted by Crippen LogP contribution is 2.13. The summed E-state index contributed by atoms with van der Waals surface area (Å²) in [4.78, 5) is 50.9. The minimum atomic E-state index is -1.14. The fourth-order valence-electron chi connectivity index (χ4n) is 3.60. The highest BCUT2D eigenvalue weighted by Gasteiger charge is 2.31. The molecular formula is C26H42N4O6S. The number of thioether (sulfide) groups is 1. The summed E-state index contributed by atoms with van der Waals surface area (Å²) >= 11 is 1.47. The molecule has 7 N–H and O–H groups in total. The second-order valence-electron chi connectivity index (χ2n) is 9.71. The van der Waals surface area contributed by atoms with Crippen molar-refractivity contribution in [3.05, 3.63) is 29.8 Å². The van der Waals surface area contributed by atoms with E-state index >= 15 is 0 Å². The molecule has 0 saturated heterocycles. The first kappa shape index (κ1) is 32.2. The lowest BCUT2D eigenvalue weighted by Crippen LogP contribution is -2.58. The van der Waals surface area contributed by atoms with Gasteiger partial charge in [0.2, 0.25) is 17.7 Å². The van der Waals surface area contributed by atoms with Gasteiger partial charge in [0.1, 0.15) is 23.9 Å². The average molecular weight is 539 g/mol. The van der Waals surface area contributed by atoms with Crippen molar-refractivity contribution in [2.24, 2.45) is 17.6 Å². The van der Waals surface area contributed by atoms with Crippen molar-refractivity contribution in [2.75, 3.05) is 12.0 Å². The molecular weight excluding hydrogens is 496 g/mol. The van der Waals surface area contributed by atoms with Gasteiger partial charge in [0, 0.05) is 6.42 Å². The Morgan fingerprint density at radius 1 is 0.919 bits per heavy atom. The van der Waals surface area contributed by atoms with Crippen LogP contribution in [-0.2, 0) is 25.6 Å². The topological polar surface area (TPSA) is 171 Å². The van der Waals surface area contributed by atoms with Crippen molar-refractivity contribution in [1.29, 1.82) is 0 Å². The molecule has 0 spiro atoms. The van der Waals surface area contributed by atoms with Gasteiger partial charge in [0.25, 0.3) is 0 Å². The maximum Gasteiger partial charge on any atom is 0.326 e. The quantitative estimate of drug-likeness (QED) is 0.184. The largest absolute Gasteiger partial charge is 0.508 e. The van der Waals surface area contributed by atoms with E-state index in [0.717, 1.165) is 0 Å². The lowest BCUT2D eigenvalue weighted by atomic mass is 9.97. The maximum atomic E-state index is 13.4. The summed E-state index contributed by atoms with van der Waals surface area (Å²) in [6.07, 6.45) is 3.16. The van der Waals surface area contributed by atoms with Gasteiger partial charge in [-0.1, -0.05) is 46.2 Å². The van der Waals surface area contributed by atoms with Gasteiger partial charge in [0.05, 0.1) is 6.04 Å². The summed E-state index contributed by atoms with van der Waals surface area (Å²) in [5.41, 5.74) is 6.76. The Balaban J connectivity index is 3.14. The van der Waals surface area contributed by atoms with E-state index in [4.69, 9.17) is 5.73 Å². The van der Waals surface area contributed by atoms with E-state index in [2.05, 4.69) is 16.0 Å². The van der Waals surface area contributed by atoms with E-state index in [1.807, 2.05) is 34.0 Å². The number of hydrogen-bond acceptors (Lipinski definition) is 7. The summed E-state index contributed by atoms with van der Waals surface area (Å²) in [5, 5.41) is 27.0. The van der Waals surface area contributed by atoms with E-state index in [-0.39, 0.29) is 36.8 Å².